The molecule has 1 heterocycles. The Morgan fingerprint density at radius 2 is 1.80 bits per heavy atom. The molecule has 1 aliphatic rings. The molecule has 1 aliphatic heterocycles. The summed E-state index contributed by atoms with van der Waals surface area (Å²) in [4.78, 5) is 1.04. The van der Waals surface area contributed by atoms with Crippen molar-refractivity contribution in [1.82, 2.24) is 5.32 Å². The molecule has 3 N–H and O–H groups in total. The molecular formula is C11H14F3N3O2S. The summed E-state index contributed by atoms with van der Waals surface area (Å²) in [6, 6.07) is 2.85. The second-order valence-electron chi connectivity index (χ2n) is 4.46. The highest BCUT2D eigenvalue weighted by Gasteiger charge is 2.36. The molecule has 1 saturated heterocycles. The Kier molecular flexibility index (Phi) is 3.94. The smallest absolute Gasteiger partial charge is 0.368 e. The van der Waals surface area contributed by atoms with Crippen LogP contribution >= 0.6 is 0 Å². The Morgan fingerprint density at radius 1 is 1.20 bits per heavy atom. The third-order valence-corrected chi connectivity index (χ3v) is 3.97. The summed E-state index contributed by atoms with van der Waals surface area (Å²) in [5.74, 6) is 0. The van der Waals surface area contributed by atoms with E-state index in [0.717, 1.165) is 12.1 Å². The fourth-order valence-corrected chi connectivity index (χ4v) is 2.64. The molecule has 1 aromatic carbocycles. The van der Waals surface area contributed by atoms with Gasteiger partial charge in [0.1, 0.15) is 0 Å². The molecule has 112 valence electrons. The lowest BCUT2D eigenvalue weighted by Crippen LogP contribution is -2.44. The van der Waals surface area contributed by atoms with Crippen LogP contribution in [0.5, 0.6) is 0 Å². The molecular weight excluding hydrogens is 295 g/mol. The van der Waals surface area contributed by atoms with E-state index in [1.807, 2.05) is 0 Å². The highest BCUT2D eigenvalue weighted by atomic mass is 32.2. The van der Waals surface area contributed by atoms with E-state index < -0.39 is 26.7 Å². The van der Waals surface area contributed by atoms with Gasteiger partial charge in [-0.05, 0) is 18.2 Å². The topological polar surface area (TPSA) is 75.4 Å². The van der Waals surface area contributed by atoms with Crippen molar-refractivity contribution in [3.8, 4) is 0 Å². The van der Waals surface area contributed by atoms with E-state index in [1.54, 1.807) is 4.90 Å². The van der Waals surface area contributed by atoms with Gasteiger partial charge in [-0.15, -0.1) is 0 Å². The van der Waals surface area contributed by atoms with Gasteiger partial charge in [0.2, 0.25) is 10.0 Å². The first-order valence-electron chi connectivity index (χ1n) is 5.89. The van der Waals surface area contributed by atoms with Crippen molar-refractivity contribution in [2.75, 3.05) is 31.1 Å². The predicted molar refractivity (Wildman–Crippen MR) is 67.9 cm³/mol. The van der Waals surface area contributed by atoms with Crippen LogP contribution in [-0.2, 0) is 16.2 Å². The minimum absolute atomic E-state index is 0.0219. The van der Waals surface area contributed by atoms with Crippen molar-refractivity contribution in [3.63, 3.8) is 0 Å². The van der Waals surface area contributed by atoms with Crippen molar-refractivity contribution < 1.29 is 21.6 Å². The zero-order valence-electron chi connectivity index (χ0n) is 10.4. The molecule has 0 saturated carbocycles. The quantitative estimate of drug-likeness (QED) is 0.846. The third-order valence-electron chi connectivity index (χ3n) is 3.06. The number of halogens is 3. The highest BCUT2D eigenvalue weighted by Crippen LogP contribution is 2.38. The number of primary sulfonamides is 1. The van der Waals surface area contributed by atoms with Crippen molar-refractivity contribution in [2.24, 2.45) is 5.14 Å². The van der Waals surface area contributed by atoms with Crippen molar-refractivity contribution in [3.05, 3.63) is 23.8 Å². The number of alkyl halides is 3. The largest absolute Gasteiger partial charge is 0.418 e. The number of nitrogens with two attached hydrogens (primary N) is 1. The van der Waals surface area contributed by atoms with Gasteiger partial charge < -0.3 is 10.2 Å². The number of hydrogen-bond donors (Lipinski definition) is 2. The second-order valence-corrected chi connectivity index (χ2v) is 6.02. The maximum atomic E-state index is 13.1. The molecule has 0 spiro atoms. The van der Waals surface area contributed by atoms with Crippen LogP contribution in [0, 0.1) is 0 Å². The van der Waals surface area contributed by atoms with Gasteiger partial charge in [-0.1, -0.05) is 0 Å². The lowest BCUT2D eigenvalue weighted by molar-refractivity contribution is -0.137. The van der Waals surface area contributed by atoms with Gasteiger partial charge in [-0.2, -0.15) is 13.2 Å². The SMILES string of the molecule is NS(=O)(=O)c1ccc(N2CCNCC2)c(C(F)(F)F)c1. The zero-order valence-corrected chi connectivity index (χ0v) is 11.3. The lowest BCUT2D eigenvalue weighted by atomic mass is 10.1. The Morgan fingerprint density at radius 3 is 2.30 bits per heavy atom. The lowest BCUT2D eigenvalue weighted by Gasteiger charge is -2.31. The summed E-state index contributed by atoms with van der Waals surface area (Å²) in [7, 11) is -4.16. The predicted octanol–water partition coefficient (Wildman–Crippen LogP) is 0.762. The number of anilines is 1. The first-order chi connectivity index (χ1) is 9.19. The average Bonchev–Trinajstić information content (AvgIpc) is 2.37. The third kappa shape index (κ3) is 3.22. The van der Waals surface area contributed by atoms with Crippen LogP contribution in [0.1, 0.15) is 5.56 Å². The number of benzene rings is 1. The Hall–Kier alpha value is -1.32. The summed E-state index contributed by atoms with van der Waals surface area (Å²) in [6.07, 6.45) is -4.64. The van der Waals surface area contributed by atoms with Crippen LogP contribution in [0.4, 0.5) is 18.9 Å². The number of piperazine rings is 1. The van der Waals surface area contributed by atoms with Gasteiger partial charge in [-0.25, -0.2) is 13.6 Å². The summed E-state index contributed by atoms with van der Waals surface area (Å²) in [5.41, 5.74) is -1.00. The second kappa shape index (κ2) is 5.23. The zero-order chi connectivity index (χ0) is 15.0. The minimum Gasteiger partial charge on any atom is -0.368 e. The molecule has 9 heteroatoms. The van der Waals surface area contributed by atoms with E-state index in [2.05, 4.69) is 5.32 Å². The van der Waals surface area contributed by atoms with E-state index >= 15 is 0 Å². The van der Waals surface area contributed by atoms with Crippen molar-refractivity contribution in [1.29, 1.82) is 0 Å². The standard InChI is InChI=1S/C11H14F3N3O2S/c12-11(13,14)9-7-8(20(15,18)19)1-2-10(9)17-5-3-16-4-6-17/h1-2,7,16H,3-6H2,(H2,15,18,19). The molecule has 0 atom stereocenters. The van der Waals surface area contributed by atoms with Crippen molar-refractivity contribution >= 4 is 15.7 Å². The Labute approximate surface area is 114 Å². The van der Waals surface area contributed by atoms with Gasteiger partial charge in [-0.3, -0.25) is 0 Å². The maximum Gasteiger partial charge on any atom is 0.418 e. The van der Waals surface area contributed by atoms with Crippen LogP contribution in [0.25, 0.3) is 0 Å². The van der Waals surface area contributed by atoms with E-state index in [1.165, 1.54) is 0 Å². The molecule has 0 bridgehead atoms. The molecule has 1 aromatic rings. The first kappa shape index (κ1) is 15.1. The van der Waals surface area contributed by atoms with Crippen LogP contribution < -0.4 is 15.4 Å². The van der Waals surface area contributed by atoms with E-state index in [9.17, 15) is 21.6 Å². The van der Waals surface area contributed by atoms with Gasteiger partial charge in [0.25, 0.3) is 0 Å². The Balaban J connectivity index is 2.51. The molecule has 0 aliphatic carbocycles. The molecule has 2 rings (SSSR count). The van der Waals surface area contributed by atoms with Gasteiger partial charge in [0.15, 0.2) is 0 Å². The number of nitrogens with zero attached hydrogens (tertiary/aromatic N) is 1. The number of sulfonamides is 1. The van der Waals surface area contributed by atoms with E-state index in [0.29, 0.717) is 32.2 Å². The van der Waals surface area contributed by atoms with Crippen molar-refractivity contribution in [2.45, 2.75) is 11.1 Å². The molecule has 0 radical (unpaired) electrons. The number of hydrogen-bond acceptors (Lipinski definition) is 4. The molecule has 5 nitrogen and oxygen atoms in total. The molecule has 0 unspecified atom stereocenters. The summed E-state index contributed by atoms with van der Waals surface area (Å²) < 4.78 is 61.7. The van der Waals surface area contributed by atoms with Gasteiger partial charge in [0, 0.05) is 31.9 Å². The summed E-state index contributed by atoms with van der Waals surface area (Å²) in [5, 5.41) is 7.92. The van der Waals surface area contributed by atoms with Gasteiger partial charge >= 0.3 is 6.18 Å². The summed E-state index contributed by atoms with van der Waals surface area (Å²) in [6.45, 7) is 2.01. The van der Waals surface area contributed by atoms with Crippen LogP contribution in [0.2, 0.25) is 0 Å². The van der Waals surface area contributed by atoms with Gasteiger partial charge in [0.05, 0.1) is 10.5 Å². The van der Waals surface area contributed by atoms with E-state index in [4.69, 9.17) is 5.14 Å². The maximum absolute atomic E-state index is 13.1. The molecule has 0 amide bonds. The molecule has 0 aromatic heterocycles. The molecule has 20 heavy (non-hydrogen) atoms. The normalized spacial score (nSPS) is 17.3. The Bertz CT molecular complexity index is 595. The monoisotopic (exact) mass is 309 g/mol. The first-order valence-corrected chi connectivity index (χ1v) is 7.44. The van der Waals surface area contributed by atoms with Crippen LogP contribution in [-0.4, -0.2) is 34.6 Å². The fourth-order valence-electron chi connectivity index (χ4n) is 2.10. The molecule has 1 fully saturated rings. The van der Waals surface area contributed by atoms with Crippen LogP contribution in [0.3, 0.4) is 0 Å². The number of nitrogens with one attached hydrogen (secondary N) is 1. The van der Waals surface area contributed by atoms with Crippen LogP contribution in [0.15, 0.2) is 23.1 Å². The summed E-state index contributed by atoms with van der Waals surface area (Å²) >= 11 is 0. The fraction of sp³-hybridized carbons (Fsp3) is 0.455. The van der Waals surface area contributed by atoms with E-state index in [-0.39, 0.29) is 5.69 Å². The average molecular weight is 309 g/mol. The minimum atomic E-state index is -4.64. The highest BCUT2D eigenvalue weighted by molar-refractivity contribution is 7.89. The number of rotatable bonds is 2.